The number of ether oxygens (including phenoxy) is 1. The minimum absolute atomic E-state index is 0.225. The van der Waals surface area contributed by atoms with Crippen molar-refractivity contribution >= 4 is 5.91 Å². The summed E-state index contributed by atoms with van der Waals surface area (Å²) in [6.07, 6.45) is 7.17. The summed E-state index contributed by atoms with van der Waals surface area (Å²) in [6.45, 7) is 5.99. The molecule has 2 saturated carbocycles. The number of morpholine rings is 1. The molecule has 3 aliphatic rings. The van der Waals surface area contributed by atoms with Crippen LogP contribution >= 0.6 is 0 Å². The fourth-order valence-electron chi connectivity index (χ4n) is 4.12. The topological polar surface area (TPSA) is 67.6 Å². The maximum atomic E-state index is 11.9. The predicted octanol–water partition coefficient (Wildman–Crippen LogP) is 1.01. The van der Waals surface area contributed by atoms with E-state index in [1.807, 2.05) is 6.92 Å². The molecule has 5 heteroatoms. The van der Waals surface area contributed by atoms with Crippen LogP contribution in [-0.4, -0.2) is 53.7 Å². The largest absolute Gasteiger partial charge is 0.375 e. The minimum atomic E-state index is -0.590. The van der Waals surface area contributed by atoms with Crippen molar-refractivity contribution in [2.45, 2.75) is 82.1 Å². The van der Waals surface area contributed by atoms with Gasteiger partial charge in [0, 0.05) is 24.7 Å². The van der Waals surface area contributed by atoms with Crippen LogP contribution < -0.4 is 11.1 Å². The molecule has 0 spiro atoms. The highest BCUT2D eigenvalue weighted by molar-refractivity contribution is 5.84. The molecule has 5 nitrogen and oxygen atoms in total. The van der Waals surface area contributed by atoms with E-state index in [0.717, 1.165) is 19.6 Å². The average Bonchev–Trinajstić information content (AvgIpc) is 3.10. The number of carbonyl (C=O) groups is 1. The second kappa shape index (κ2) is 5.86. The van der Waals surface area contributed by atoms with Crippen molar-refractivity contribution in [1.29, 1.82) is 0 Å². The number of fused-ring (bicyclic) bond motifs is 1. The standard InChI is InChI=1S/C16H29N3O2/c1-11(10-16(2,15(17)20)18-12-6-7-12)19-8-9-21-14-5-3-4-13(14)19/h11-14,18H,3-10H2,1-2H3,(H2,17,20). The van der Waals surface area contributed by atoms with Gasteiger partial charge in [-0.25, -0.2) is 0 Å². The van der Waals surface area contributed by atoms with Crippen LogP contribution in [0.25, 0.3) is 0 Å². The number of amides is 1. The third kappa shape index (κ3) is 3.25. The molecule has 2 aliphatic carbocycles. The van der Waals surface area contributed by atoms with Gasteiger partial charge in [0.1, 0.15) is 0 Å². The van der Waals surface area contributed by atoms with Crippen LogP contribution in [0.5, 0.6) is 0 Å². The average molecular weight is 295 g/mol. The van der Waals surface area contributed by atoms with E-state index in [2.05, 4.69) is 17.1 Å². The second-order valence-electron chi connectivity index (χ2n) is 7.31. The predicted molar refractivity (Wildman–Crippen MR) is 81.9 cm³/mol. The Balaban J connectivity index is 1.65. The summed E-state index contributed by atoms with van der Waals surface area (Å²) < 4.78 is 5.89. The molecule has 1 saturated heterocycles. The van der Waals surface area contributed by atoms with Crippen molar-refractivity contribution in [3.05, 3.63) is 0 Å². The van der Waals surface area contributed by atoms with E-state index in [9.17, 15) is 4.79 Å². The Morgan fingerprint density at radius 1 is 1.43 bits per heavy atom. The SMILES string of the molecule is CC(CC(C)(NC1CC1)C(N)=O)N1CCOC2CCCC21. The van der Waals surface area contributed by atoms with Crippen molar-refractivity contribution in [3.63, 3.8) is 0 Å². The summed E-state index contributed by atoms with van der Waals surface area (Å²) in [7, 11) is 0. The highest BCUT2D eigenvalue weighted by Crippen LogP contribution is 2.33. The molecule has 1 heterocycles. The molecule has 3 fully saturated rings. The maximum Gasteiger partial charge on any atom is 0.237 e. The zero-order chi connectivity index (χ0) is 15.0. The van der Waals surface area contributed by atoms with Gasteiger partial charge in [-0.3, -0.25) is 9.69 Å². The van der Waals surface area contributed by atoms with E-state index < -0.39 is 5.54 Å². The number of primary amides is 1. The molecule has 0 radical (unpaired) electrons. The number of rotatable bonds is 6. The Kier molecular flexibility index (Phi) is 4.26. The fraction of sp³-hybridized carbons (Fsp3) is 0.938. The molecule has 1 amide bonds. The summed E-state index contributed by atoms with van der Waals surface area (Å²) in [6, 6.07) is 1.37. The smallest absolute Gasteiger partial charge is 0.237 e. The Hall–Kier alpha value is -0.650. The molecule has 0 aromatic heterocycles. The van der Waals surface area contributed by atoms with E-state index in [1.165, 1.54) is 32.1 Å². The lowest BCUT2D eigenvalue weighted by atomic mass is 9.90. The fourth-order valence-corrected chi connectivity index (χ4v) is 4.12. The van der Waals surface area contributed by atoms with Gasteiger partial charge in [-0.15, -0.1) is 0 Å². The first kappa shape index (κ1) is 15.3. The zero-order valence-corrected chi connectivity index (χ0v) is 13.3. The molecule has 1 aliphatic heterocycles. The lowest BCUT2D eigenvalue weighted by Gasteiger charge is -2.43. The van der Waals surface area contributed by atoms with Crippen LogP contribution in [-0.2, 0) is 9.53 Å². The molecular formula is C16H29N3O2. The van der Waals surface area contributed by atoms with Crippen LogP contribution in [0.1, 0.15) is 52.4 Å². The maximum absolute atomic E-state index is 11.9. The van der Waals surface area contributed by atoms with Crippen LogP contribution in [0.3, 0.4) is 0 Å². The molecule has 0 aromatic rings. The summed E-state index contributed by atoms with van der Waals surface area (Å²) in [5.41, 5.74) is 5.10. The van der Waals surface area contributed by atoms with Crippen molar-refractivity contribution in [2.75, 3.05) is 13.2 Å². The molecular weight excluding hydrogens is 266 g/mol. The van der Waals surface area contributed by atoms with Crippen LogP contribution in [0.2, 0.25) is 0 Å². The van der Waals surface area contributed by atoms with Gasteiger partial charge in [-0.05, 0) is 52.4 Å². The first-order valence-corrected chi connectivity index (χ1v) is 8.44. The van der Waals surface area contributed by atoms with Gasteiger partial charge < -0.3 is 15.8 Å². The molecule has 4 atom stereocenters. The van der Waals surface area contributed by atoms with Crippen molar-refractivity contribution in [1.82, 2.24) is 10.2 Å². The summed E-state index contributed by atoms with van der Waals surface area (Å²) in [5.74, 6) is -0.225. The molecule has 120 valence electrons. The number of nitrogens with one attached hydrogen (secondary N) is 1. The zero-order valence-electron chi connectivity index (χ0n) is 13.3. The van der Waals surface area contributed by atoms with Crippen molar-refractivity contribution in [3.8, 4) is 0 Å². The Labute approximate surface area is 127 Å². The van der Waals surface area contributed by atoms with Crippen LogP contribution in [0.4, 0.5) is 0 Å². The van der Waals surface area contributed by atoms with Crippen molar-refractivity contribution in [2.24, 2.45) is 5.73 Å². The van der Waals surface area contributed by atoms with Gasteiger partial charge in [0.25, 0.3) is 0 Å². The van der Waals surface area contributed by atoms with Gasteiger partial charge in [-0.1, -0.05) is 0 Å². The monoisotopic (exact) mass is 295 g/mol. The van der Waals surface area contributed by atoms with E-state index in [4.69, 9.17) is 10.5 Å². The summed E-state index contributed by atoms with van der Waals surface area (Å²) in [4.78, 5) is 14.5. The second-order valence-corrected chi connectivity index (χ2v) is 7.31. The van der Waals surface area contributed by atoms with E-state index in [1.54, 1.807) is 0 Å². The van der Waals surface area contributed by atoms with E-state index in [-0.39, 0.29) is 5.91 Å². The number of nitrogens with zero attached hydrogens (tertiary/aromatic N) is 1. The lowest BCUT2D eigenvalue weighted by molar-refractivity contribution is -0.125. The Bertz CT molecular complexity index is 399. The van der Waals surface area contributed by atoms with Crippen LogP contribution in [0, 0.1) is 0 Å². The third-order valence-corrected chi connectivity index (χ3v) is 5.44. The number of hydrogen-bond acceptors (Lipinski definition) is 4. The van der Waals surface area contributed by atoms with E-state index >= 15 is 0 Å². The Morgan fingerprint density at radius 2 is 2.19 bits per heavy atom. The molecule has 0 aromatic carbocycles. The molecule has 4 unspecified atom stereocenters. The highest BCUT2D eigenvalue weighted by Gasteiger charge is 2.42. The molecule has 3 rings (SSSR count). The summed E-state index contributed by atoms with van der Waals surface area (Å²) in [5, 5.41) is 3.46. The lowest BCUT2D eigenvalue weighted by Crippen LogP contribution is -2.59. The molecule has 21 heavy (non-hydrogen) atoms. The number of carbonyl (C=O) groups excluding carboxylic acids is 1. The number of nitrogens with two attached hydrogens (primary N) is 1. The molecule has 3 N–H and O–H groups in total. The van der Waals surface area contributed by atoms with Crippen LogP contribution in [0.15, 0.2) is 0 Å². The van der Waals surface area contributed by atoms with Gasteiger partial charge in [-0.2, -0.15) is 0 Å². The molecule has 0 bridgehead atoms. The quantitative estimate of drug-likeness (QED) is 0.767. The minimum Gasteiger partial charge on any atom is -0.375 e. The number of hydrogen-bond donors (Lipinski definition) is 2. The van der Waals surface area contributed by atoms with Gasteiger partial charge >= 0.3 is 0 Å². The first-order valence-electron chi connectivity index (χ1n) is 8.44. The highest BCUT2D eigenvalue weighted by atomic mass is 16.5. The Morgan fingerprint density at radius 3 is 2.86 bits per heavy atom. The first-order chi connectivity index (χ1) is 9.99. The van der Waals surface area contributed by atoms with Gasteiger partial charge in [0.2, 0.25) is 5.91 Å². The van der Waals surface area contributed by atoms with Gasteiger partial charge in [0.05, 0.1) is 18.2 Å². The third-order valence-electron chi connectivity index (χ3n) is 5.44. The van der Waals surface area contributed by atoms with Crippen molar-refractivity contribution < 1.29 is 9.53 Å². The van der Waals surface area contributed by atoms with Gasteiger partial charge in [0.15, 0.2) is 0 Å². The summed E-state index contributed by atoms with van der Waals surface area (Å²) >= 11 is 0. The van der Waals surface area contributed by atoms with E-state index in [0.29, 0.717) is 24.2 Å². The normalized spacial score (nSPS) is 34.2.